The summed E-state index contributed by atoms with van der Waals surface area (Å²) in [4.78, 5) is 22.6. The minimum absolute atomic E-state index is 0.0653. The molecule has 1 fully saturated rings. The first-order valence-corrected chi connectivity index (χ1v) is 10.0. The number of aromatic nitrogens is 2. The third-order valence-electron chi connectivity index (χ3n) is 6.13. The number of pyridine rings is 1. The molecule has 0 aliphatic heterocycles. The van der Waals surface area contributed by atoms with Crippen LogP contribution in [0.2, 0.25) is 0 Å². The van der Waals surface area contributed by atoms with Crippen LogP contribution in [0.5, 0.6) is 0 Å². The van der Waals surface area contributed by atoms with Gasteiger partial charge in [-0.1, -0.05) is 12.1 Å². The lowest BCUT2D eigenvalue weighted by Crippen LogP contribution is -2.31. The van der Waals surface area contributed by atoms with Crippen molar-refractivity contribution < 1.29 is 13.6 Å². The Morgan fingerprint density at radius 1 is 1.21 bits per heavy atom. The van der Waals surface area contributed by atoms with Crippen molar-refractivity contribution in [2.24, 2.45) is 0 Å². The molecule has 6 heteroatoms. The average molecular weight is 397 g/mol. The summed E-state index contributed by atoms with van der Waals surface area (Å²) in [5.41, 5.74) is 2.31. The monoisotopic (exact) mass is 397 g/mol. The zero-order valence-electron chi connectivity index (χ0n) is 16.7. The Kier molecular flexibility index (Phi) is 5.46. The summed E-state index contributed by atoms with van der Waals surface area (Å²) in [6, 6.07) is 6.57. The van der Waals surface area contributed by atoms with Gasteiger partial charge in [0.2, 0.25) is 0 Å². The topological polar surface area (TPSA) is 49.0 Å². The van der Waals surface area contributed by atoms with Crippen LogP contribution in [0.15, 0.2) is 36.7 Å². The number of aromatic amines is 1. The lowest BCUT2D eigenvalue weighted by Gasteiger charge is -2.32. The van der Waals surface area contributed by atoms with Crippen molar-refractivity contribution in [3.63, 3.8) is 0 Å². The van der Waals surface area contributed by atoms with Crippen molar-refractivity contribution in [1.82, 2.24) is 14.9 Å². The van der Waals surface area contributed by atoms with Crippen LogP contribution in [-0.4, -0.2) is 40.8 Å². The molecule has 1 saturated carbocycles. The Bertz CT molecular complexity index is 1040. The highest BCUT2D eigenvalue weighted by Gasteiger charge is 2.25. The van der Waals surface area contributed by atoms with Gasteiger partial charge in [0.1, 0.15) is 5.65 Å². The molecule has 0 saturated heterocycles. The van der Waals surface area contributed by atoms with Crippen LogP contribution in [0.25, 0.3) is 11.0 Å². The molecule has 1 aliphatic carbocycles. The summed E-state index contributed by atoms with van der Waals surface area (Å²) in [5.74, 6) is -1.72. The number of hydrogen-bond acceptors (Lipinski definition) is 3. The van der Waals surface area contributed by atoms with E-state index < -0.39 is 11.6 Å². The molecule has 0 radical (unpaired) electrons. The van der Waals surface area contributed by atoms with Crippen LogP contribution in [0.1, 0.15) is 53.1 Å². The molecule has 0 unspecified atom stereocenters. The number of nitrogens with one attached hydrogen (secondary N) is 1. The van der Waals surface area contributed by atoms with Gasteiger partial charge in [-0.3, -0.25) is 4.79 Å². The van der Waals surface area contributed by atoms with E-state index in [0.29, 0.717) is 23.2 Å². The highest BCUT2D eigenvalue weighted by Crippen LogP contribution is 2.35. The average Bonchev–Trinajstić information content (AvgIpc) is 3.15. The fourth-order valence-electron chi connectivity index (χ4n) is 4.35. The van der Waals surface area contributed by atoms with Gasteiger partial charge in [-0.25, -0.2) is 13.8 Å². The molecular weight excluding hydrogens is 372 g/mol. The molecule has 0 amide bonds. The Labute approximate surface area is 168 Å². The van der Waals surface area contributed by atoms with Crippen LogP contribution in [0.4, 0.5) is 8.78 Å². The maximum atomic E-state index is 14.0. The Balaban J connectivity index is 1.57. The SMILES string of the molecule is CN(C)C1CCC(c2cnc3[nH]cc(C(=O)Cc4cccc(F)c4F)c3c2)CC1. The molecule has 152 valence electrons. The third kappa shape index (κ3) is 3.94. The van der Waals surface area contributed by atoms with Gasteiger partial charge in [0.15, 0.2) is 17.4 Å². The van der Waals surface area contributed by atoms with Crippen molar-refractivity contribution in [2.45, 2.75) is 44.1 Å². The van der Waals surface area contributed by atoms with Crippen molar-refractivity contribution in [3.05, 3.63) is 65.0 Å². The van der Waals surface area contributed by atoms with E-state index in [0.717, 1.165) is 42.7 Å². The first-order chi connectivity index (χ1) is 13.9. The fourth-order valence-corrected chi connectivity index (χ4v) is 4.35. The minimum atomic E-state index is -0.961. The van der Waals surface area contributed by atoms with E-state index >= 15 is 0 Å². The maximum absolute atomic E-state index is 14.0. The molecule has 0 bridgehead atoms. The van der Waals surface area contributed by atoms with Crippen LogP contribution >= 0.6 is 0 Å². The normalized spacial score (nSPS) is 19.8. The van der Waals surface area contributed by atoms with Gasteiger partial charge < -0.3 is 9.88 Å². The number of carbonyl (C=O) groups excluding carboxylic acids is 1. The second-order valence-electron chi connectivity index (χ2n) is 8.15. The number of halogens is 2. The maximum Gasteiger partial charge on any atom is 0.169 e. The van der Waals surface area contributed by atoms with Crippen LogP contribution < -0.4 is 0 Å². The number of benzene rings is 1. The molecule has 0 spiro atoms. The standard InChI is InChI=1S/C23H25F2N3O/c1-28(2)17-8-6-14(7-9-17)16-10-18-19(13-27-23(18)26-12-16)21(29)11-15-4-3-5-20(24)22(15)25/h3-5,10,12-14,17H,6-9,11H2,1-2H3,(H,26,27). The lowest BCUT2D eigenvalue weighted by molar-refractivity contribution is 0.0993. The molecule has 1 N–H and O–H groups in total. The zero-order chi connectivity index (χ0) is 20.5. The summed E-state index contributed by atoms with van der Waals surface area (Å²) in [6.07, 6.45) is 7.80. The van der Waals surface area contributed by atoms with Crippen molar-refractivity contribution >= 4 is 16.8 Å². The molecule has 29 heavy (non-hydrogen) atoms. The first-order valence-electron chi connectivity index (χ1n) is 10.0. The fraction of sp³-hybridized carbons (Fsp3) is 0.391. The number of rotatable bonds is 5. The third-order valence-corrected chi connectivity index (χ3v) is 6.13. The minimum Gasteiger partial charge on any atom is -0.345 e. The summed E-state index contributed by atoms with van der Waals surface area (Å²) in [7, 11) is 4.25. The highest BCUT2D eigenvalue weighted by molar-refractivity contribution is 6.08. The zero-order valence-corrected chi connectivity index (χ0v) is 16.7. The van der Waals surface area contributed by atoms with E-state index in [1.807, 2.05) is 12.3 Å². The van der Waals surface area contributed by atoms with E-state index in [1.165, 1.54) is 12.1 Å². The van der Waals surface area contributed by atoms with Crippen molar-refractivity contribution in [3.8, 4) is 0 Å². The number of carbonyl (C=O) groups is 1. The molecule has 1 aromatic carbocycles. The number of Topliss-reactive ketones (excluding diaryl/α,β-unsaturated/α-hetero) is 1. The predicted octanol–water partition coefficient (Wildman–Crippen LogP) is 4.85. The molecular formula is C23H25F2N3O. The summed E-state index contributed by atoms with van der Waals surface area (Å²) in [5, 5.41) is 0.749. The highest BCUT2D eigenvalue weighted by atomic mass is 19.2. The molecule has 4 nitrogen and oxygen atoms in total. The van der Waals surface area contributed by atoms with E-state index in [4.69, 9.17) is 0 Å². The number of fused-ring (bicyclic) bond motifs is 1. The number of hydrogen-bond donors (Lipinski definition) is 1. The van der Waals surface area contributed by atoms with Gasteiger partial charge in [0.05, 0.1) is 0 Å². The number of ketones is 1. The van der Waals surface area contributed by atoms with E-state index in [9.17, 15) is 13.6 Å². The largest absolute Gasteiger partial charge is 0.345 e. The number of nitrogens with zero attached hydrogens (tertiary/aromatic N) is 2. The van der Waals surface area contributed by atoms with Crippen LogP contribution in [0.3, 0.4) is 0 Å². The van der Waals surface area contributed by atoms with Gasteiger partial charge >= 0.3 is 0 Å². The molecule has 2 aromatic heterocycles. The lowest BCUT2D eigenvalue weighted by atomic mass is 9.81. The smallest absolute Gasteiger partial charge is 0.169 e. The first kappa shape index (κ1) is 19.7. The molecule has 4 rings (SSSR count). The summed E-state index contributed by atoms with van der Waals surface area (Å²) < 4.78 is 27.4. The van der Waals surface area contributed by atoms with Gasteiger partial charge in [-0.15, -0.1) is 0 Å². The molecule has 0 atom stereocenters. The van der Waals surface area contributed by atoms with Crippen molar-refractivity contribution in [1.29, 1.82) is 0 Å². The van der Waals surface area contributed by atoms with Gasteiger partial charge in [-0.2, -0.15) is 0 Å². The van der Waals surface area contributed by atoms with Crippen molar-refractivity contribution in [2.75, 3.05) is 14.1 Å². The molecule has 3 aromatic rings. The summed E-state index contributed by atoms with van der Waals surface area (Å²) >= 11 is 0. The summed E-state index contributed by atoms with van der Waals surface area (Å²) in [6.45, 7) is 0. The van der Waals surface area contributed by atoms with Gasteiger partial charge in [0.25, 0.3) is 0 Å². The molecule has 2 heterocycles. The molecule has 1 aliphatic rings. The van der Waals surface area contributed by atoms with Gasteiger partial charge in [-0.05, 0) is 69.0 Å². The van der Waals surface area contributed by atoms with E-state index in [2.05, 4.69) is 29.0 Å². The Hall–Kier alpha value is -2.60. The second-order valence-corrected chi connectivity index (χ2v) is 8.15. The predicted molar refractivity (Wildman–Crippen MR) is 109 cm³/mol. The van der Waals surface area contributed by atoms with Gasteiger partial charge in [0, 0.05) is 35.8 Å². The van der Waals surface area contributed by atoms with Crippen LogP contribution in [0, 0.1) is 11.6 Å². The van der Waals surface area contributed by atoms with Crippen LogP contribution in [-0.2, 0) is 6.42 Å². The number of H-pyrrole nitrogens is 1. The van der Waals surface area contributed by atoms with E-state index in [-0.39, 0.29) is 17.8 Å². The Morgan fingerprint density at radius 3 is 2.69 bits per heavy atom. The second kappa shape index (κ2) is 8.03. The quantitative estimate of drug-likeness (QED) is 0.626. The Morgan fingerprint density at radius 2 is 1.97 bits per heavy atom. The van der Waals surface area contributed by atoms with E-state index in [1.54, 1.807) is 6.20 Å².